The van der Waals surface area contributed by atoms with Gasteiger partial charge in [-0.15, -0.1) is 0 Å². The molecule has 14 nitrogen and oxygen atoms in total. The average molecular weight is 469 g/mol. The van der Waals surface area contributed by atoms with Crippen molar-refractivity contribution in [2.24, 2.45) is 17.4 Å². The maximum Gasteiger partial charge on any atom is 0.326 e. The molecular weight excluding hydrogens is 438 g/mol. The van der Waals surface area contributed by atoms with Crippen LogP contribution in [0.2, 0.25) is 0 Å². The summed E-state index contributed by atoms with van der Waals surface area (Å²) in [4.78, 5) is 66.5. The topological polar surface area (TPSA) is 243 Å². The number of aromatic amines is 1. The number of carbonyl (C=O) groups excluding carboxylic acids is 4. The number of aromatic nitrogens is 2. The zero-order valence-electron chi connectivity index (χ0n) is 18.4. The van der Waals surface area contributed by atoms with Gasteiger partial charge in [-0.2, -0.15) is 0 Å². The molecule has 1 aromatic heterocycles. The highest BCUT2D eigenvalue weighted by atomic mass is 16.4. The van der Waals surface area contributed by atoms with Gasteiger partial charge in [0, 0.05) is 24.7 Å². The van der Waals surface area contributed by atoms with Crippen LogP contribution in [0.3, 0.4) is 0 Å². The van der Waals surface area contributed by atoms with E-state index in [-0.39, 0.29) is 19.3 Å². The third-order valence-electron chi connectivity index (χ3n) is 4.70. The second-order valence-electron chi connectivity index (χ2n) is 7.77. The molecule has 33 heavy (non-hydrogen) atoms. The van der Waals surface area contributed by atoms with E-state index in [2.05, 4.69) is 25.9 Å². The third kappa shape index (κ3) is 9.24. The minimum Gasteiger partial charge on any atom is -0.480 e. The Bertz CT molecular complexity index is 828. The Kier molecular flexibility index (Phi) is 10.9. The Labute approximate surface area is 189 Å². The van der Waals surface area contributed by atoms with Crippen molar-refractivity contribution in [1.29, 1.82) is 0 Å². The summed E-state index contributed by atoms with van der Waals surface area (Å²) in [5.74, 6) is -4.82. The van der Waals surface area contributed by atoms with Gasteiger partial charge >= 0.3 is 5.97 Å². The van der Waals surface area contributed by atoms with Crippen LogP contribution in [0.4, 0.5) is 0 Å². The number of aliphatic hydroxyl groups excluding tert-OH is 1. The number of amides is 4. The van der Waals surface area contributed by atoms with E-state index in [1.54, 1.807) is 13.8 Å². The molecule has 0 fully saturated rings. The van der Waals surface area contributed by atoms with Crippen LogP contribution < -0.4 is 27.4 Å². The maximum atomic E-state index is 12.8. The van der Waals surface area contributed by atoms with E-state index < -0.39 is 66.3 Å². The van der Waals surface area contributed by atoms with Gasteiger partial charge in [-0.3, -0.25) is 19.2 Å². The fraction of sp³-hybridized carbons (Fsp3) is 0.579. The van der Waals surface area contributed by atoms with Gasteiger partial charge in [0.25, 0.3) is 0 Å². The predicted octanol–water partition coefficient (Wildman–Crippen LogP) is -3.27. The van der Waals surface area contributed by atoms with E-state index in [0.29, 0.717) is 5.69 Å². The van der Waals surface area contributed by atoms with Crippen molar-refractivity contribution in [2.45, 2.75) is 57.3 Å². The lowest BCUT2D eigenvalue weighted by atomic mass is 10.0. The first-order valence-electron chi connectivity index (χ1n) is 10.2. The number of nitrogens with zero attached hydrogens (tertiary/aromatic N) is 1. The van der Waals surface area contributed by atoms with Crippen molar-refractivity contribution in [1.82, 2.24) is 25.9 Å². The molecule has 1 aromatic rings. The van der Waals surface area contributed by atoms with Gasteiger partial charge in [0.05, 0.1) is 19.0 Å². The van der Waals surface area contributed by atoms with Gasteiger partial charge in [0.2, 0.25) is 23.6 Å². The van der Waals surface area contributed by atoms with Crippen molar-refractivity contribution >= 4 is 29.6 Å². The quantitative estimate of drug-likeness (QED) is 0.136. The summed E-state index contributed by atoms with van der Waals surface area (Å²) in [6.07, 6.45) is 2.58. The second-order valence-corrected chi connectivity index (χ2v) is 7.77. The molecule has 0 aliphatic carbocycles. The summed E-state index contributed by atoms with van der Waals surface area (Å²) in [5, 5.41) is 25.8. The summed E-state index contributed by atoms with van der Waals surface area (Å²) in [7, 11) is 0. The molecule has 0 aliphatic heterocycles. The molecule has 0 bridgehead atoms. The number of carboxylic acids is 1. The lowest BCUT2D eigenvalue weighted by Gasteiger charge is -2.25. The van der Waals surface area contributed by atoms with Crippen molar-refractivity contribution < 1.29 is 34.2 Å². The van der Waals surface area contributed by atoms with E-state index in [1.165, 1.54) is 12.5 Å². The number of aliphatic hydroxyl groups is 1. The summed E-state index contributed by atoms with van der Waals surface area (Å²) >= 11 is 0. The zero-order valence-corrected chi connectivity index (χ0v) is 18.4. The Hall–Kier alpha value is -3.52. The zero-order chi connectivity index (χ0) is 25.1. The summed E-state index contributed by atoms with van der Waals surface area (Å²) in [6, 6.07) is -5.04. The minimum absolute atomic E-state index is 0.0347. The van der Waals surface area contributed by atoms with Gasteiger partial charge in [-0.1, -0.05) is 13.8 Å². The Morgan fingerprint density at radius 2 is 1.67 bits per heavy atom. The van der Waals surface area contributed by atoms with Crippen molar-refractivity contribution in [3.8, 4) is 0 Å². The van der Waals surface area contributed by atoms with E-state index in [0.717, 1.165) is 0 Å². The van der Waals surface area contributed by atoms with Gasteiger partial charge in [-0.25, -0.2) is 9.78 Å². The van der Waals surface area contributed by atoms with E-state index in [1.807, 2.05) is 0 Å². The molecule has 0 saturated heterocycles. The Morgan fingerprint density at radius 3 is 2.15 bits per heavy atom. The van der Waals surface area contributed by atoms with Crippen molar-refractivity contribution in [3.63, 3.8) is 0 Å². The molecule has 0 aliphatic rings. The monoisotopic (exact) mass is 469 g/mol. The highest BCUT2D eigenvalue weighted by Crippen LogP contribution is 2.04. The van der Waals surface area contributed by atoms with E-state index >= 15 is 0 Å². The van der Waals surface area contributed by atoms with Gasteiger partial charge < -0.3 is 42.6 Å². The maximum absolute atomic E-state index is 12.8. The fourth-order valence-electron chi connectivity index (χ4n) is 2.77. The molecule has 0 saturated carbocycles. The normalized spacial score (nSPS) is 14.6. The highest BCUT2D eigenvalue weighted by Gasteiger charge is 2.31. The standard InChI is InChI=1S/C19H31N7O7/c1-9(2)15(19(32)33)26-18(31)13(7-27)25-17(30)12(5-10-6-22-8-23-10)24-16(29)11(20)3-4-14(21)28/h6,8-9,11-13,15,27H,3-5,7,20H2,1-2H3,(H2,21,28)(H,22,23)(H,24,29)(H,25,30)(H,26,31)(H,32,33). The molecule has 184 valence electrons. The van der Waals surface area contributed by atoms with Crippen molar-refractivity contribution in [3.05, 3.63) is 18.2 Å². The highest BCUT2D eigenvalue weighted by molar-refractivity contribution is 5.94. The number of hydrogen-bond donors (Lipinski definition) is 8. The van der Waals surface area contributed by atoms with Crippen LogP contribution in [0.15, 0.2) is 12.5 Å². The molecule has 10 N–H and O–H groups in total. The van der Waals surface area contributed by atoms with Crippen LogP contribution >= 0.6 is 0 Å². The molecular formula is C19H31N7O7. The number of rotatable bonds is 14. The molecule has 4 unspecified atom stereocenters. The third-order valence-corrected chi connectivity index (χ3v) is 4.70. The van der Waals surface area contributed by atoms with Gasteiger partial charge in [0.15, 0.2) is 0 Å². The number of nitrogens with two attached hydrogens (primary N) is 2. The first kappa shape index (κ1) is 27.5. The summed E-state index contributed by atoms with van der Waals surface area (Å²) in [5.41, 5.74) is 11.3. The second kappa shape index (κ2) is 13.1. The Balaban J connectivity index is 2.92. The number of hydrogen-bond acceptors (Lipinski definition) is 8. The van der Waals surface area contributed by atoms with Crippen molar-refractivity contribution in [2.75, 3.05) is 6.61 Å². The van der Waals surface area contributed by atoms with Gasteiger partial charge in [0.1, 0.15) is 18.1 Å². The molecule has 4 atom stereocenters. The molecule has 1 heterocycles. The first-order chi connectivity index (χ1) is 15.5. The van der Waals surface area contributed by atoms with Crippen LogP contribution in [0.5, 0.6) is 0 Å². The predicted molar refractivity (Wildman–Crippen MR) is 114 cm³/mol. The van der Waals surface area contributed by atoms with Gasteiger partial charge in [-0.05, 0) is 12.3 Å². The number of imidazole rings is 1. The lowest BCUT2D eigenvalue weighted by molar-refractivity contribution is -0.143. The number of carbonyl (C=O) groups is 5. The smallest absolute Gasteiger partial charge is 0.326 e. The number of H-pyrrole nitrogens is 1. The molecule has 0 aromatic carbocycles. The number of nitrogens with one attached hydrogen (secondary N) is 4. The average Bonchev–Trinajstić information content (AvgIpc) is 3.25. The molecule has 0 radical (unpaired) electrons. The van der Waals surface area contributed by atoms with Crippen LogP contribution in [0.1, 0.15) is 32.4 Å². The van der Waals surface area contributed by atoms with Crippen LogP contribution in [-0.2, 0) is 30.4 Å². The first-order valence-corrected chi connectivity index (χ1v) is 10.2. The van der Waals surface area contributed by atoms with E-state index in [9.17, 15) is 34.2 Å². The largest absolute Gasteiger partial charge is 0.480 e. The van der Waals surface area contributed by atoms with Crippen LogP contribution in [-0.4, -0.2) is 80.6 Å². The summed E-state index contributed by atoms with van der Waals surface area (Å²) < 4.78 is 0. The fourth-order valence-corrected chi connectivity index (χ4v) is 2.77. The number of primary amides is 1. The summed E-state index contributed by atoms with van der Waals surface area (Å²) in [6.45, 7) is 2.36. The molecule has 14 heteroatoms. The molecule has 1 rings (SSSR count). The van der Waals surface area contributed by atoms with Crippen LogP contribution in [0, 0.1) is 5.92 Å². The molecule has 4 amide bonds. The number of aliphatic carboxylic acids is 1. The minimum atomic E-state index is -1.47. The molecule has 0 spiro atoms. The number of carboxylic acid groups (broad SMARTS) is 1. The Morgan fingerprint density at radius 1 is 1.06 bits per heavy atom. The van der Waals surface area contributed by atoms with E-state index in [4.69, 9.17) is 11.5 Å². The lowest BCUT2D eigenvalue weighted by Crippen LogP contribution is -2.59. The van der Waals surface area contributed by atoms with Crippen LogP contribution in [0.25, 0.3) is 0 Å². The SMILES string of the molecule is CC(C)C(NC(=O)C(CO)NC(=O)C(Cc1cnc[nH]1)NC(=O)C(N)CCC(N)=O)C(=O)O.